The molecule has 4 nitrogen and oxygen atoms in total. The summed E-state index contributed by atoms with van der Waals surface area (Å²) < 4.78 is 5.17. The van der Waals surface area contributed by atoms with E-state index >= 15 is 0 Å². The maximum Gasteiger partial charge on any atom is 0.310 e. The van der Waals surface area contributed by atoms with Crippen molar-refractivity contribution < 1.29 is 9.53 Å². The van der Waals surface area contributed by atoms with Crippen LogP contribution in [0.25, 0.3) is 0 Å². The van der Waals surface area contributed by atoms with E-state index in [1.807, 2.05) is 13.8 Å². The lowest BCUT2D eigenvalue weighted by molar-refractivity contribution is -0.151. The lowest BCUT2D eigenvalue weighted by atomic mass is 9.99. The highest BCUT2D eigenvalue weighted by Crippen LogP contribution is 2.15. The molecule has 1 saturated heterocycles. The van der Waals surface area contributed by atoms with E-state index in [1.54, 1.807) is 5.01 Å². The fourth-order valence-corrected chi connectivity index (χ4v) is 1.57. The van der Waals surface area contributed by atoms with Gasteiger partial charge in [-0.2, -0.15) is 0 Å². The molecule has 0 aromatic carbocycles. The van der Waals surface area contributed by atoms with Gasteiger partial charge in [0.25, 0.3) is 0 Å². The molecule has 14 heavy (non-hydrogen) atoms. The van der Waals surface area contributed by atoms with Gasteiger partial charge in [-0.15, -0.1) is 0 Å². The predicted octanol–water partition coefficient (Wildman–Crippen LogP) is 0.771. The van der Waals surface area contributed by atoms with Gasteiger partial charge in [-0.05, 0) is 18.8 Å². The molecule has 82 valence electrons. The monoisotopic (exact) mass is 200 g/mol. The molecule has 1 heterocycles. The summed E-state index contributed by atoms with van der Waals surface area (Å²) in [5.41, 5.74) is 0. The molecule has 2 N–H and O–H groups in total. The van der Waals surface area contributed by atoms with Crippen LogP contribution in [0.5, 0.6) is 0 Å². The lowest BCUT2D eigenvalue weighted by Gasteiger charge is -2.27. The Labute approximate surface area is 85.4 Å². The zero-order valence-corrected chi connectivity index (χ0v) is 9.03. The maximum absolute atomic E-state index is 11.5. The second-order valence-corrected chi connectivity index (χ2v) is 4.36. The topological polar surface area (TPSA) is 55.6 Å². The number of hydrazine groups is 1. The van der Waals surface area contributed by atoms with Crippen molar-refractivity contribution in [3.05, 3.63) is 0 Å². The molecule has 0 aromatic heterocycles. The molecule has 0 spiro atoms. The molecule has 0 unspecified atom stereocenters. The Hall–Kier alpha value is -0.610. The molecule has 1 rings (SSSR count). The summed E-state index contributed by atoms with van der Waals surface area (Å²) in [6.07, 6.45) is 1.89. The summed E-state index contributed by atoms with van der Waals surface area (Å²) >= 11 is 0. The number of carbonyl (C=O) groups excluding carboxylic acids is 1. The van der Waals surface area contributed by atoms with Crippen molar-refractivity contribution in [2.75, 3.05) is 19.7 Å². The normalized spacial score (nSPS) is 23.9. The molecule has 0 aliphatic carbocycles. The summed E-state index contributed by atoms with van der Waals surface area (Å²) in [7, 11) is 0. The van der Waals surface area contributed by atoms with Gasteiger partial charge >= 0.3 is 5.97 Å². The van der Waals surface area contributed by atoms with E-state index in [9.17, 15) is 4.79 Å². The van der Waals surface area contributed by atoms with Crippen LogP contribution in [0.4, 0.5) is 0 Å². The van der Waals surface area contributed by atoms with Gasteiger partial charge < -0.3 is 4.74 Å². The van der Waals surface area contributed by atoms with Crippen molar-refractivity contribution in [3.63, 3.8) is 0 Å². The molecular weight excluding hydrogens is 180 g/mol. The molecule has 0 aromatic rings. The van der Waals surface area contributed by atoms with Crippen molar-refractivity contribution in [1.82, 2.24) is 5.01 Å². The van der Waals surface area contributed by atoms with Crippen LogP contribution in [0.15, 0.2) is 0 Å². The molecular formula is C10H20N2O2. The molecule has 0 bridgehead atoms. The van der Waals surface area contributed by atoms with E-state index in [2.05, 4.69) is 0 Å². The molecule has 0 saturated carbocycles. The minimum Gasteiger partial charge on any atom is -0.465 e. The Balaban J connectivity index is 2.29. The first-order valence-electron chi connectivity index (χ1n) is 5.26. The minimum atomic E-state index is -0.0890. The minimum absolute atomic E-state index is 0.0208. The molecule has 0 amide bonds. The van der Waals surface area contributed by atoms with Gasteiger partial charge in [-0.25, -0.2) is 5.01 Å². The van der Waals surface area contributed by atoms with Crippen LogP contribution >= 0.6 is 0 Å². The first kappa shape index (κ1) is 11.5. The molecule has 0 radical (unpaired) electrons. The van der Waals surface area contributed by atoms with Gasteiger partial charge in [0.05, 0.1) is 12.5 Å². The Kier molecular flexibility index (Phi) is 4.35. The summed E-state index contributed by atoms with van der Waals surface area (Å²) in [5, 5.41) is 1.70. The van der Waals surface area contributed by atoms with E-state index in [1.165, 1.54) is 0 Å². The van der Waals surface area contributed by atoms with Crippen LogP contribution < -0.4 is 5.84 Å². The highest BCUT2D eigenvalue weighted by atomic mass is 16.5. The van der Waals surface area contributed by atoms with Gasteiger partial charge in [0.15, 0.2) is 0 Å². The van der Waals surface area contributed by atoms with Gasteiger partial charge in [0, 0.05) is 13.1 Å². The first-order valence-corrected chi connectivity index (χ1v) is 5.26. The van der Waals surface area contributed by atoms with Crippen LogP contribution in [0.3, 0.4) is 0 Å². The SMILES string of the molecule is CC(C)COC(=O)[C@H]1CCCN(N)C1. The zero-order valence-electron chi connectivity index (χ0n) is 9.03. The van der Waals surface area contributed by atoms with E-state index in [0.717, 1.165) is 19.4 Å². The number of nitrogens with zero attached hydrogens (tertiary/aromatic N) is 1. The van der Waals surface area contributed by atoms with Crippen molar-refractivity contribution in [2.24, 2.45) is 17.7 Å². The van der Waals surface area contributed by atoms with Crippen molar-refractivity contribution >= 4 is 5.97 Å². The van der Waals surface area contributed by atoms with E-state index in [-0.39, 0.29) is 11.9 Å². The fraction of sp³-hybridized carbons (Fsp3) is 0.900. The average Bonchev–Trinajstić information content (AvgIpc) is 2.14. The van der Waals surface area contributed by atoms with E-state index in [4.69, 9.17) is 10.6 Å². The molecule has 1 aliphatic heterocycles. The Morgan fingerprint density at radius 2 is 2.36 bits per heavy atom. The number of esters is 1. The first-order chi connectivity index (χ1) is 6.59. The maximum atomic E-state index is 11.5. The van der Waals surface area contributed by atoms with E-state index < -0.39 is 0 Å². The molecule has 4 heteroatoms. The third-order valence-electron chi connectivity index (χ3n) is 2.35. The van der Waals surface area contributed by atoms with Crippen LogP contribution in [-0.2, 0) is 9.53 Å². The van der Waals surface area contributed by atoms with Crippen molar-refractivity contribution in [2.45, 2.75) is 26.7 Å². The summed E-state index contributed by atoms with van der Waals surface area (Å²) in [5.74, 6) is 5.93. The van der Waals surface area contributed by atoms with Gasteiger partial charge in [0.2, 0.25) is 0 Å². The molecule has 1 aliphatic rings. The van der Waals surface area contributed by atoms with Gasteiger partial charge in [-0.3, -0.25) is 10.6 Å². The van der Waals surface area contributed by atoms with E-state index in [0.29, 0.717) is 19.1 Å². The summed E-state index contributed by atoms with van der Waals surface area (Å²) in [6, 6.07) is 0. The second-order valence-electron chi connectivity index (χ2n) is 4.36. The van der Waals surface area contributed by atoms with Gasteiger partial charge in [-0.1, -0.05) is 13.8 Å². The summed E-state index contributed by atoms with van der Waals surface area (Å²) in [4.78, 5) is 11.5. The predicted molar refractivity (Wildman–Crippen MR) is 54.3 cm³/mol. The summed E-state index contributed by atoms with van der Waals surface area (Å²) in [6.45, 7) is 6.09. The average molecular weight is 200 g/mol. The Bertz CT molecular complexity index is 195. The second kappa shape index (κ2) is 5.32. The quantitative estimate of drug-likeness (QED) is 0.540. The van der Waals surface area contributed by atoms with Crippen LogP contribution in [-0.4, -0.2) is 30.7 Å². The van der Waals surface area contributed by atoms with Crippen molar-refractivity contribution in [3.8, 4) is 0 Å². The largest absolute Gasteiger partial charge is 0.465 e. The van der Waals surface area contributed by atoms with Crippen LogP contribution in [0, 0.1) is 11.8 Å². The number of carbonyl (C=O) groups is 1. The molecule has 1 fully saturated rings. The number of nitrogens with two attached hydrogens (primary N) is 1. The Morgan fingerprint density at radius 1 is 1.64 bits per heavy atom. The fourth-order valence-electron chi connectivity index (χ4n) is 1.57. The smallest absolute Gasteiger partial charge is 0.310 e. The molecule has 1 atom stereocenters. The number of hydrogen-bond acceptors (Lipinski definition) is 4. The highest BCUT2D eigenvalue weighted by molar-refractivity contribution is 5.72. The zero-order chi connectivity index (χ0) is 10.6. The third kappa shape index (κ3) is 3.64. The van der Waals surface area contributed by atoms with Crippen LogP contribution in [0.1, 0.15) is 26.7 Å². The number of hydrogen-bond donors (Lipinski definition) is 1. The standard InChI is InChI=1S/C10H20N2O2/c1-8(2)7-14-10(13)9-4-3-5-12(11)6-9/h8-9H,3-7,11H2,1-2H3/t9-/m0/s1. The van der Waals surface area contributed by atoms with Crippen LogP contribution in [0.2, 0.25) is 0 Å². The van der Waals surface area contributed by atoms with Gasteiger partial charge in [0.1, 0.15) is 0 Å². The highest BCUT2D eigenvalue weighted by Gasteiger charge is 2.25. The number of piperidine rings is 1. The van der Waals surface area contributed by atoms with Crippen molar-refractivity contribution in [1.29, 1.82) is 0 Å². The third-order valence-corrected chi connectivity index (χ3v) is 2.35. The lowest BCUT2D eigenvalue weighted by Crippen LogP contribution is -2.43. The Morgan fingerprint density at radius 3 is 2.93 bits per heavy atom. The number of ether oxygens (including phenoxy) is 1. The number of rotatable bonds is 3.